The van der Waals surface area contributed by atoms with Crippen LogP contribution in [-0.2, 0) is 14.8 Å². The maximum atomic E-state index is 12.9. The molecule has 0 aromatic heterocycles. The first-order chi connectivity index (χ1) is 14.9. The van der Waals surface area contributed by atoms with Crippen LogP contribution in [0.4, 0.5) is 18.9 Å². The Morgan fingerprint density at radius 1 is 1.03 bits per heavy atom. The minimum atomic E-state index is -4.83. The van der Waals surface area contributed by atoms with Crippen molar-refractivity contribution in [1.29, 1.82) is 0 Å². The van der Waals surface area contributed by atoms with Gasteiger partial charge in [0.05, 0.1) is 4.90 Å². The van der Waals surface area contributed by atoms with Gasteiger partial charge in [0.1, 0.15) is 25.0 Å². The molecule has 0 radical (unpaired) electrons. The number of benzene rings is 2. The Balaban J connectivity index is 1.72. The Hall–Kier alpha value is -2.99. The van der Waals surface area contributed by atoms with E-state index in [1.807, 2.05) is 0 Å². The number of hydrogen-bond acceptors (Lipinski definition) is 6. The van der Waals surface area contributed by atoms with Crippen LogP contribution in [0.15, 0.2) is 47.4 Å². The number of halogens is 3. The lowest BCUT2D eigenvalue weighted by atomic mass is 10.0. The number of ether oxygens (including phenoxy) is 3. The van der Waals surface area contributed by atoms with Crippen molar-refractivity contribution in [3.05, 3.63) is 42.5 Å². The first kappa shape index (κ1) is 23.7. The van der Waals surface area contributed by atoms with Gasteiger partial charge in [-0.3, -0.25) is 4.79 Å². The smallest absolute Gasteiger partial charge is 0.486 e. The van der Waals surface area contributed by atoms with E-state index in [1.54, 1.807) is 13.8 Å². The van der Waals surface area contributed by atoms with Crippen molar-refractivity contribution in [3.63, 3.8) is 0 Å². The third-order valence-corrected chi connectivity index (χ3v) is 5.85. The monoisotopic (exact) mass is 474 g/mol. The second-order valence-corrected chi connectivity index (χ2v) is 8.92. The number of amides is 1. The number of sulfonamides is 1. The Labute approximate surface area is 182 Å². The highest BCUT2D eigenvalue weighted by atomic mass is 32.2. The Morgan fingerprint density at radius 2 is 1.66 bits per heavy atom. The summed E-state index contributed by atoms with van der Waals surface area (Å²) in [6.07, 6.45) is -4.83. The predicted molar refractivity (Wildman–Crippen MR) is 108 cm³/mol. The van der Waals surface area contributed by atoms with Gasteiger partial charge in [-0.15, -0.1) is 13.2 Å². The minimum absolute atomic E-state index is 0.103. The molecule has 1 aliphatic rings. The van der Waals surface area contributed by atoms with E-state index in [0.29, 0.717) is 12.4 Å². The van der Waals surface area contributed by atoms with E-state index < -0.39 is 40.0 Å². The van der Waals surface area contributed by atoms with Crippen LogP contribution in [0.25, 0.3) is 0 Å². The molecule has 1 aliphatic heterocycles. The maximum Gasteiger partial charge on any atom is 0.573 e. The molecule has 0 bridgehead atoms. The van der Waals surface area contributed by atoms with Gasteiger partial charge in [0.25, 0.3) is 0 Å². The van der Waals surface area contributed by atoms with Crippen molar-refractivity contribution in [3.8, 4) is 17.2 Å². The normalized spacial score (nSPS) is 14.7. The molecule has 8 nitrogen and oxygen atoms in total. The molecule has 32 heavy (non-hydrogen) atoms. The van der Waals surface area contributed by atoms with Crippen LogP contribution < -0.4 is 24.2 Å². The third-order valence-electron chi connectivity index (χ3n) is 4.41. The fraction of sp³-hybridized carbons (Fsp3) is 0.350. The van der Waals surface area contributed by atoms with E-state index in [-0.39, 0.29) is 22.9 Å². The van der Waals surface area contributed by atoms with E-state index in [0.717, 1.165) is 12.1 Å². The summed E-state index contributed by atoms with van der Waals surface area (Å²) in [5.41, 5.74) is 0.175. The van der Waals surface area contributed by atoms with Gasteiger partial charge in [-0.1, -0.05) is 13.8 Å². The van der Waals surface area contributed by atoms with E-state index in [4.69, 9.17) is 9.47 Å². The van der Waals surface area contributed by atoms with Gasteiger partial charge in [0, 0.05) is 11.8 Å². The van der Waals surface area contributed by atoms with Crippen LogP contribution >= 0.6 is 0 Å². The lowest BCUT2D eigenvalue weighted by molar-refractivity contribution is -0.274. The standard InChI is InChI=1S/C20H21F3N2O6S/c1-12(2)18(19(26)24-13-3-5-14(6-4-13)31-20(21,22)23)25-32(27,28)15-7-8-16-17(11-15)30-10-9-29-16/h3-8,11-12,18,25H,9-10H2,1-2H3,(H,24,26)/t18-/m0/s1. The number of fused-ring (bicyclic) bond motifs is 1. The van der Waals surface area contributed by atoms with E-state index in [9.17, 15) is 26.4 Å². The third kappa shape index (κ3) is 6.04. The van der Waals surface area contributed by atoms with E-state index in [1.165, 1.54) is 30.3 Å². The number of hydrogen-bond donors (Lipinski definition) is 2. The number of rotatable bonds is 7. The zero-order chi connectivity index (χ0) is 23.5. The summed E-state index contributed by atoms with van der Waals surface area (Å²) >= 11 is 0. The summed E-state index contributed by atoms with van der Waals surface area (Å²) in [4.78, 5) is 12.6. The van der Waals surface area contributed by atoms with Crippen molar-refractivity contribution in [2.45, 2.75) is 31.1 Å². The molecule has 0 aliphatic carbocycles. The summed E-state index contributed by atoms with van der Waals surface area (Å²) < 4.78 is 79.4. The summed E-state index contributed by atoms with van der Waals surface area (Å²) in [6.45, 7) is 3.94. The first-order valence-corrected chi connectivity index (χ1v) is 11.0. The van der Waals surface area contributed by atoms with Gasteiger partial charge in [0.15, 0.2) is 11.5 Å². The second-order valence-electron chi connectivity index (χ2n) is 7.21. The van der Waals surface area contributed by atoms with Crippen molar-refractivity contribution < 1.29 is 40.6 Å². The average Bonchev–Trinajstić information content (AvgIpc) is 2.72. The summed E-state index contributed by atoms with van der Waals surface area (Å²) in [6, 6.07) is 7.46. The van der Waals surface area contributed by atoms with Crippen molar-refractivity contribution in [1.82, 2.24) is 4.72 Å². The number of nitrogens with one attached hydrogen (secondary N) is 2. The minimum Gasteiger partial charge on any atom is -0.486 e. The fourth-order valence-electron chi connectivity index (χ4n) is 2.88. The van der Waals surface area contributed by atoms with Gasteiger partial charge in [-0.2, -0.15) is 4.72 Å². The molecule has 0 unspecified atom stereocenters. The van der Waals surface area contributed by atoms with Crippen LogP contribution in [0.2, 0.25) is 0 Å². The lowest BCUT2D eigenvalue weighted by Crippen LogP contribution is -2.47. The molecule has 0 saturated carbocycles. The zero-order valence-corrected chi connectivity index (χ0v) is 17.9. The van der Waals surface area contributed by atoms with Gasteiger partial charge >= 0.3 is 6.36 Å². The Kier molecular flexibility index (Phi) is 6.84. The highest BCUT2D eigenvalue weighted by Gasteiger charge is 2.31. The van der Waals surface area contributed by atoms with E-state index >= 15 is 0 Å². The molecule has 0 fully saturated rings. The summed E-state index contributed by atoms with van der Waals surface area (Å²) in [5.74, 6) is -0.854. The molecule has 2 N–H and O–H groups in total. The molecule has 2 aromatic rings. The zero-order valence-electron chi connectivity index (χ0n) is 17.1. The largest absolute Gasteiger partial charge is 0.573 e. The van der Waals surface area contributed by atoms with Crippen molar-refractivity contribution in [2.75, 3.05) is 18.5 Å². The number of alkyl halides is 3. The molecular formula is C20H21F3N2O6S. The average molecular weight is 474 g/mol. The number of carbonyl (C=O) groups excluding carboxylic acids is 1. The Bertz CT molecular complexity index is 1070. The van der Waals surface area contributed by atoms with Crippen molar-refractivity contribution >= 4 is 21.6 Å². The molecule has 2 aromatic carbocycles. The lowest BCUT2D eigenvalue weighted by Gasteiger charge is -2.23. The maximum absolute atomic E-state index is 12.9. The predicted octanol–water partition coefficient (Wildman–Crippen LogP) is 3.30. The highest BCUT2D eigenvalue weighted by molar-refractivity contribution is 7.89. The summed E-state index contributed by atoms with van der Waals surface area (Å²) in [7, 11) is -4.09. The second kappa shape index (κ2) is 9.25. The summed E-state index contributed by atoms with van der Waals surface area (Å²) in [5, 5.41) is 2.49. The van der Waals surface area contributed by atoms with Gasteiger partial charge in [-0.25, -0.2) is 8.42 Å². The Morgan fingerprint density at radius 3 is 2.25 bits per heavy atom. The number of anilines is 1. The highest BCUT2D eigenvalue weighted by Crippen LogP contribution is 2.32. The molecular weight excluding hydrogens is 453 g/mol. The topological polar surface area (TPSA) is 103 Å². The fourth-order valence-corrected chi connectivity index (χ4v) is 4.24. The molecule has 3 rings (SSSR count). The van der Waals surface area contributed by atoms with Gasteiger partial charge < -0.3 is 19.5 Å². The molecule has 1 heterocycles. The van der Waals surface area contributed by atoms with Crippen LogP contribution in [0.3, 0.4) is 0 Å². The SMILES string of the molecule is CC(C)[C@H](NS(=O)(=O)c1ccc2c(c1)OCCO2)C(=O)Nc1ccc(OC(F)(F)F)cc1. The quantitative estimate of drug-likeness (QED) is 0.639. The molecule has 1 amide bonds. The molecule has 0 spiro atoms. The number of carbonyl (C=O) groups is 1. The molecule has 174 valence electrons. The van der Waals surface area contributed by atoms with Crippen molar-refractivity contribution in [2.24, 2.45) is 5.92 Å². The van der Waals surface area contributed by atoms with E-state index in [2.05, 4.69) is 14.8 Å². The molecule has 1 atom stereocenters. The molecule has 0 saturated heterocycles. The van der Waals surface area contributed by atoms with Gasteiger partial charge in [0.2, 0.25) is 15.9 Å². The first-order valence-electron chi connectivity index (χ1n) is 9.53. The van der Waals surface area contributed by atoms with Gasteiger partial charge in [-0.05, 0) is 42.3 Å². The van der Waals surface area contributed by atoms with Crippen LogP contribution in [0.5, 0.6) is 17.2 Å². The van der Waals surface area contributed by atoms with Crippen LogP contribution in [-0.4, -0.2) is 39.9 Å². The van der Waals surface area contributed by atoms with Crippen LogP contribution in [0, 0.1) is 5.92 Å². The molecule has 12 heteroatoms. The van der Waals surface area contributed by atoms with Crippen LogP contribution in [0.1, 0.15) is 13.8 Å².